The van der Waals surface area contributed by atoms with Gasteiger partial charge in [0.15, 0.2) is 0 Å². The van der Waals surface area contributed by atoms with Crippen LogP contribution in [0.4, 0.5) is 10.1 Å². The van der Waals surface area contributed by atoms with Gasteiger partial charge < -0.3 is 15.1 Å². The number of halogens is 1. The molecule has 6 nitrogen and oxygen atoms in total. The fraction of sp³-hybridized carbons (Fsp3) is 0.387. The first-order valence-electron chi connectivity index (χ1n) is 13.6. The van der Waals surface area contributed by atoms with E-state index in [1.54, 1.807) is 30.0 Å². The van der Waals surface area contributed by atoms with Crippen molar-refractivity contribution in [2.45, 2.75) is 70.5 Å². The predicted octanol–water partition coefficient (Wildman–Crippen LogP) is 5.59. The van der Waals surface area contributed by atoms with Crippen LogP contribution in [0, 0.1) is 5.82 Å². The lowest BCUT2D eigenvalue weighted by Crippen LogP contribution is -2.50. The van der Waals surface area contributed by atoms with Gasteiger partial charge in [-0.1, -0.05) is 61.7 Å². The van der Waals surface area contributed by atoms with E-state index in [-0.39, 0.29) is 36.7 Å². The van der Waals surface area contributed by atoms with Gasteiger partial charge in [0.1, 0.15) is 11.9 Å². The van der Waals surface area contributed by atoms with E-state index in [4.69, 9.17) is 0 Å². The third kappa shape index (κ3) is 5.28. The van der Waals surface area contributed by atoms with Crippen LogP contribution in [0.5, 0.6) is 0 Å². The summed E-state index contributed by atoms with van der Waals surface area (Å²) in [7, 11) is 0. The topological polar surface area (TPSA) is 69.7 Å². The molecular weight excluding hydrogens is 481 g/mol. The number of amides is 3. The van der Waals surface area contributed by atoms with Crippen LogP contribution in [0.1, 0.15) is 67.8 Å². The van der Waals surface area contributed by atoms with Gasteiger partial charge in [-0.2, -0.15) is 0 Å². The number of benzene rings is 3. The van der Waals surface area contributed by atoms with E-state index in [0.29, 0.717) is 24.1 Å². The number of nitrogens with one attached hydrogen (secondary N) is 1. The Bertz CT molecular complexity index is 1350. The van der Waals surface area contributed by atoms with Crippen molar-refractivity contribution in [3.63, 3.8) is 0 Å². The molecule has 1 heterocycles. The number of carbonyl (C=O) groups excluding carboxylic acids is 3. The molecule has 0 aromatic heterocycles. The van der Waals surface area contributed by atoms with E-state index < -0.39 is 11.9 Å². The first kappa shape index (κ1) is 25.9. The molecule has 1 fully saturated rings. The molecule has 1 saturated carbocycles. The number of hydrogen-bond acceptors (Lipinski definition) is 3. The largest absolute Gasteiger partial charge is 0.352 e. The van der Waals surface area contributed by atoms with Gasteiger partial charge in [-0.3, -0.25) is 14.4 Å². The van der Waals surface area contributed by atoms with Gasteiger partial charge in [0.2, 0.25) is 11.8 Å². The lowest BCUT2D eigenvalue weighted by Gasteiger charge is -2.31. The fourth-order valence-corrected chi connectivity index (χ4v) is 5.69. The van der Waals surface area contributed by atoms with Crippen LogP contribution < -0.4 is 10.2 Å². The highest BCUT2D eigenvalue weighted by Crippen LogP contribution is 2.37. The molecular formula is C31H34FN3O3. The maximum atomic E-state index is 14.5. The van der Waals surface area contributed by atoms with Gasteiger partial charge in [0.05, 0.1) is 5.69 Å². The van der Waals surface area contributed by atoms with Crippen molar-refractivity contribution in [3.8, 4) is 0 Å². The minimum Gasteiger partial charge on any atom is -0.352 e. The zero-order chi connectivity index (χ0) is 26.6. The molecule has 0 radical (unpaired) electrons. The number of hydrogen-bond donors (Lipinski definition) is 1. The minimum atomic E-state index is -0.740. The highest BCUT2D eigenvalue weighted by molar-refractivity contribution is 6.25. The monoisotopic (exact) mass is 515 g/mol. The molecule has 38 heavy (non-hydrogen) atoms. The molecule has 0 unspecified atom stereocenters. The van der Waals surface area contributed by atoms with Gasteiger partial charge in [0.25, 0.3) is 5.91 Å². The lowest BCUT2D eigenvalue weighted by molar-refractivity contribution is -0.141. The van der Waals surface area contributed by atoms with Crippen molar-refractivity contribution in [3.05, 3.63) is 77.6 Å². The molecule has 0 spiro atoms. The second kappa shape index (κ2) is 11.3. The third-order valence-corrected chi connectivity index (χ3v) is 7.84. The zero-order valence-corrected chi connectivity index (χ0v) is 21.8. The summed E-state index contributed by atoms with van der Waals surface area (Å²) in [6.07, 6.45) is 5.82. The number of nitrogens with zero attached hydrogens (tertiary/aromatic N) is 2. The van der Waals surface area contributed by atoms with Crippen LogP contribution in [0.15, 0.2) is 60.7 Å². The van der Waals surface area contributed by atoms with Gasteiger partial charge in [-0.15, -0.1) is 0 Å². The summed E-state index contributed by atoms with van der Waals surface area (Å²) in [6, 6.07) is 17.3. The highest BCUT2D eigenvalue weighted by atomic mass is 19.1. The summed E-state index contributed by atoms with van der Waals surface area (Å²) >= 11 is 0. The van der Waals surface area contributed by atoms with Crippen molar-refractivity contribution in [1.82, 2.24) is 10.2 Å². The molecule has 3 amide bonds. The van der Waals surface area contributed by atoms with Gasteiger partial charge in [-0.25, -0.2) is 4.39 Å². The molecule has 5 rings (SSSR count). The Morgan fingerprint density at radius 1 is 1.03 bits per heavy atom. The fourth-order valence-electron chi connectivity index (χ4n) is 5.69. The second-order valence-corrected chi connectivity index (χ2v) is 10.4. The van der Waals surface area contributed by atoms with Crippen molar-refractivity contribution >= 4 is 34.2 Å². The Balaban J connectivity index is 1.27. The summed E-state index contributed by atoms with van der Waals surface area (Å²) in [4.78, 5) is 42.9. The smallest absolute Gasteiger partial charge is 0.258 e. The molecule has 198 valence electrons. The van der Waals surface area contributed by atoms with E-state index in [1.165, 1.54) is 17.4 Å². The SMILES string of the molecule is C[C@@H](C(=O)NC1CCCCC1)N(Cc1ccccc1F)C(=O)CCCN1C(=O)c2cccc3cccc1c23. The molecule has 1 aliphatic carbocycles. The standard InChI is InChI=1S/C31H34FN3O3/c1-21(30(37)33-24-13-3-2-4-14-24)35(20-23-10-5-6-16-26(23)32)28(36)18-9-19-34-27-17-8-12-22-11-7-15-25(29(22)27)31(34)38/h5-8,10-12,15-17,21,24H,2-4,9,13-14,18-20H2,1H3,(H,33,37)/t21-/m0/s1. The average molecular weight is 516 g/mol. The minimum absolute atomic E-state index is 0.0121. The molecule has 1 aliphatic heterocycles. The summed E-state index contributed by atoms with van der Waals surface area (Å²) < 4.78 is 14.5. The van der Waals surface area contributed by atoms with Gasteiger partial charge in [-0.05, 0) is 49.8 Å². The summed E-state index contributed by atoms with van der Waals surface area (Å²) in [6.45, 7) is 2.10. The summed E-state index contributed by atoms with van der Waals surface area (Å²) in [5, 5.41) is 5.06. The van der Waals surface area contributed by atoms with Crippen molar-refractivity contribution < 1.29 is 18.8 Å². The number of carbonyl (C=O) groups is 3. The second-order valence-electron chi connectivity index (χ2n) is 10.4. The maximum absolute atomic E-state index is 14.5. The first-order chi connectivity index (χ1) is 18.4. The zero-order valence-electron chi connectivity index (χ0n) is 21.8. The molecule has 2 aliphatic rings. The van der Waals surface area contributed by atoms with Gasteiger partial charge in [0, 0.05) is 42.1 Å². The molecule has 1 atom stereocenters. The first-order valence-corrected chi connectivity index (χ1v) is 13.6. The predicted molar refractivity (Wildman–Crippen MR) is 146 cm³/mol. The van der Waals surface area contributed by atoms with Gasteiger partial charge >= 0.3 is 0 Å². The number of rotatable bonds is 9. The summed E-state index contributed by atoms with van der Waals surface area (Å²) in [5.41, 5.74) is 1.91. The van der Waals surface area contributed by atoms with Crippen LogP contribution >= 0.6 is 0 Å². The van der Waals surface area contributed by atoms with Crippen molar-refractivity contribution in [2.75, 3.05) is 11.4 Å². The Morgan fingerprint density at radius 2 is 1.76 bits per heavy atom. The molecule has 0 saturated heterocycles. The molecule has 7 heteroatoms. The van der Waals surface area contributed by atoms with E-state index >= 15 is 0 Å². The third-order valence-electron chi connectivity index (χ3n) is 7.84. The molecule has 0 bridgehead atoms. The Kier molecular flexibility index (Phi) is 7.72. The Morgan fingerprint density at radius 3 is 2.53 bits per heavy atom. The van der Waals surface area contributed by atoms with Crippen LogP contribution in [-0.2, 0) is 16.1 Å². The van der Waals surface area contributed by atoms with E-state index in [1.807, 2.05) is 36.4 Å². The average Bonchev–Trinajstić information content (AvgIpc) is 3.21. The van der Waals surface area contributed by atoms with Crippen molar-refractivity contribution in [1.29, 1.82) is 0 Å². The summed E-state index contributed by atoms with van der Waals surface area (Å²) in [5.74, 6) is -0.910. The van der Waals surface area contributed by atoms with Crippen LogP contribution in [0.2, 0.25) is 0 Å². The number of anilines is 1. The maximum Gasteiger partial charge on any atom is 0.258 e. The Labute approximate surface area is 222 Å². The van der Waals surface area contributed by atoms with Crippen molar-refractivity contribution in [2.24, 2.45) is 0 Å². The molecule has 3 aromatic carbocycles. The van der Waals surface area contributed by atoms with Crippen LogP contribution in [-0.4, -0.2) is 41.2 Å². The molecule has 3 aromatic rings. The van der Waals surface area contributed by atoms with E-state index in [9.17, 15) is 18.8 Å². The van der Waals surface area contributed by atoms with Crippen LogP contribution in [0.25, 0.3) is 10.8 Å². The molecule has 1 N–H and O–H groups in total. The van der Waals surface area contributed by atoms with Crippen LogP contribution in [0.3, 0.4) is 0 Å². The van der Waals surface area contributed by atoms with E-state index in [2.05, 4.69) is 5.32 Å². The lowest BCUT2D eigenvalue weighted by atomic mass is 9.95. The quantitative estimate of drug-likeness (QED) is 0.404. The normalized spacial score (nSPS) is 16.1. The Hall–Kier alpha value is -3.74. The highest BCUT2D eigenvalue weighted by Gasteiger charge is 2.31. The van der Waals surface area contributed by atoms with E-state index in [0.717, 1.165) is 42.1 Å².